The van der Waals surface area contributed by atoms with Crippen LogP contribution in [0, 0.1) is 5.41 Å². The fourth-order valence-corrected chi connectivity index (χ4v) is 1.96. The highest BCUT2D eigenvalue weighted by Crippen LogP contribution is 2.27. The Bertz CT molecular complexity index is 379. The van der Waals surface area contributed by atoms with Crippen LogP contribution in [0.25, 0.3) is 0 Å². The van der Waals surface area contributed by atoms with Crippen LogP contribution in [0.3, 0.4) is 0 Å². The van der Waals surface area contributed by atoms with Gasteiger partial charge in [0.05, 0.1) is 20.1 Å². The molecule has 0 unspecified atom stereocenters. The molecule has 0 bridgehead atoms. The van der Waals surface area contributed by atoms with Crippen LogP contribution in [0.2, 0.25) is 0 Å². The molecule has 0 fully saturated rings. The summed E-state index contributed by atoms with van der Waals surface area (Å²) in [5, 5.41) is 0. The van der Waals surface area contributed by atoms with Gasteiger partial charge in [0, 0.05) is 0 Å². The first-order chi connectivity index (χ1) is 8.46. The van der Waals surface area contributed by atoms with Gasteiger partial charge in [-0.3, -0.25) is 4.79 Å². The van der Waals surface area contributed by atoms with Crippen LogP contribution in [0.4, 0.5) is 0 Å². The Morgan fingerprint density at radius 1 is 1.22 bits per heavy atom. The summed E-state index contributed by atoms with van der Waals surface area (Å²) in [6.45, 7) is 6.42. The zero-order valence-electron chi connectivity index (χ0n) is 11.7. The molecule has 100 valence electrons. The molecule has 0 N–H and O–H groups in total. The van der Waals surface area contributed by atoms with Crippen LogP contribution in [0.5, 0.6) is 5.75 Å². The van der Waals surface area contributed by atoms with Crippen molar-refractivity contribution in [3.63, 3.8) is 0 Å². The van der Waals surface area contributed by atoms with Crippen molar-refractivity contribution in [1.29, 1.82) is 0 Å². The van der Waals surface area contributed by atoms with E-state index in [0.717, 1.165) is 12.2 Å². The second-order valence-electron chi connectivity index (χ2n) is 5.17. The van der Waals surface area contributed by atoms with Crippen LogP contribution in [0.15, 0.2) is 24.3 Å². The molecule has 1 aromatic rings. The Morgan fingerprint density at radius 3 is 2.33 bits per heavy atom. The van der Waals surface area contributed by atoms with E-state index in [9.17, 15) is 4.79 Å². The molecular formula is C15H22O3. The van der Waals surface area contributed by atoms with E-state index in [4.69, 9.17) is 9.47 Å². The second kappa shape index (κ2) is 6.43. The van der Waals surface area contributed by atoms with Gasteiger partial charge in [-0.1, -0.05) is 26.0 Å². The average molecular weight is 250 g/mol. The van der Waals surface area contributed by atoms with Crippen molar-refractivity contribution in [2.75, 3.05) is 13.7 Å². The van der Waals surface area contributed by atoms with E-state index in [2.05, 4.69) is 13.8 Å². The van der Waals surface area contributed by atoms with Crippen LogP contribution < -0.4 is 4.74 Å². The van der Waals surface area contributed by atoms with Crippen LogP contribution >= 0.6 is 0 Å². The van der Waals surface area contributed by atoms with Crippen LogP contribution in [-0.4, -0.2) is 19.7 Å². The lowest BCUT2D eigenvalue weighted by molar-refractivity contribution is -0.145. The zero-order valence-corrected chi connectivity index (χ0v) is 11.7. The first kappa shape index (κ1) is 14.6. The fraction of sp³-hybridized carbons (Fsp3) is 0.533. The predicted octanol–water partition coefficient (Wildman–Crippen LogP) is 3.22. The number of hydrogen-bond acceptors (Lipinski definition) is 3. The third-order valence-electron chi connectivity index (χ3n) is 2.77. The Labute approximate surface area is 109 Å². The highest BCUT2D eigenvalue weighted by molar-refractivity contribution is 5.70. The van der Waals surface area contributed by atoms with Gasteiger partial charge in [-0.15, -0.1) is 0 Å². The predicted molar refractivity (Wildman–Crippen MR) is 71.7 cm³/mol. The van der Waals surface area contributed by atoms with Gasteiger partial charge in [-0.25, -0.2) is 0 Å². The minimum atomic E-state index is -0.129. The fourth-order valence-electron chi connectivity index (χ4n) is 1.96. The number of ether oxygens (including phenoxy) is 2. The normalized spacial score (nSPS) is 11.1. The number of methoxy groups -OCH3 is 1. The van der Waals surface area contributed by atoms with E-state index in [0.29, 0.717) is 13.0 Å². The first-order valence-corrected chi connectivity index (χ1v) is 6.25. The van der Waals surface area contributed by atoms with E-state index in [1.807, 2.05) is 31.2 Å². The number of benzene rings is 1. The summed E-state index contributed by atoms with van der Waals surface area (Å²) in [5.74, 6) is 0.720. The van der Waals surface area contributed by atoms with E-state index in [-0.39, 0.29) is 11.4 Å². The standard InChI is InChI=1S/C15H22O3/c1-5-18-14(16)11-15(2,3)10-12-6-8-13(17-4)9-7-12/h6-9H,5,10-11H2,1-4H3. The highest BCUT2D eigenvalue weighted by atomic mass is 16.5. The minimum Gasteiger partial charge on any atom is -0.497 e. The smallest absolute Gasteiger partial charge is 0.306 e. The summed E-state index contributed by atoms with van der Waals surface area (Å²) in [6, 6.07) is 7.95. The molecule has 1 rings (SSSR count). The second-order valence-corrected chi connectivity index (χ2v) is 5.17. The van der Waals surface area contributed by atoms with Gasteiger partial charge in [0.15, 0.2) is 0 Å². The van der Waals surface area contributed by atoms with Crippen molar-refractivity contribution in [3.8, 4) is 5.75 Å². The van der Waals surface area contributed by atoms with Crippen LogP contribution in [0.1, 0.15) is 32.8 Å². The maximum absolute atomic E-state index is 11.5. The Balaban J connectivity index is 2.60. The largest absolute Gasteiger partial charge is 0.497 e. The maximum atomic E-state index is 11.5. The summed E-state index contributed by atoms with van der Waals surface area (Å²) in [5.41, 5.74) is 1.10. The number of hydrogen-bond donors (Lipinski definition) is 0. The highest BCUT2D eigenvalue weighted by Gasteiger charge is 2.23. The van der Waals surface area contributed by atoms with E-state index < -0.39 is 0 Å². The van der Waals surface area contributed by atoms with Crippen LogP contribution in [-0.2, 0) is 16.0 Å². The zero-order chi connectivity index (χ0) is 13.6. The molecule has 3 heteroatoms. The molecule has 3 nitrogen and oxygen atoms in total. The molecule has 0 heterocycles. The van der Waals surface area contributed by atoms with Gasteiger partial charge in [-0.2, -0.15) is 0 Å². The van der Waals surface area contributed by atoms with Crippen molar-refractivity contribution in [1.82, 2.24) is 0 Å². The van der Waals surface area contributed by atoms with Crippen molar-refractivity contribution >= 4 is 5.97 Å². The van der Waals surface area contributed by atoms with Crippen molar-refractivity contribution in [2.24, 2.45) is 5.41 Å². The van der Waals surface area contributed by atoms with Gasteiger partial charge in [-0.05, 0) is 36.5 Å². The molecule has 0 aliphatic rings. The number of rotatable bonds is 6. The molecule has 0 saturated carbocycles. The van der Waals surface area contributed by atoms with Gasteiger partial charge in [0.1, 0.15) is 5.75 Å². The molecule has 0 saturated heterocycles. The first-order valence-electron chi connectivity index (χ1n) is 6.25. The van der Waals surface area contributed by atoms with Crippen molar-refractivity contribution in [3.05, 3.63) is 29.8 Å². The molecule has 0 aliphatic heterocycles. The molecule has 0 atom stereocenters. The van der Waals surface area contributed by atoms with Gasteiger partial charge in [0.25, 0.3) is 0 Å². The summed E-state index contributed by atoms with van der Waals surface area (Å²) >= 11 is 0. The van der Waals surface area contributed by atoms with Gasteiger partial charge in [0.2, 0.25) is 0 Å². The molecule has 0 amide bonds. The Morgan fingerprint density at radius 2 is 1.83 bits per heavy atom. The average Bonchev–Trinajstić information content (AvgIpc) is 2.29. The van der Waals surface area contributed by atoms with E-state index >= 15 is 0 Å². The Hall–Kier alpha value is -1.51. The quantitative estimate of drug-likeness (QED) is 0.727. The minimum absolute atomic E-state index is 0.0964. The lowest BCUT2D eigenvalue weighted by Crippen LogP contribution is -2.21. The van der Waals surface area contributed by atoms with Gasteiger partial charge >= 0.3 is 5.97 Å². The lowest BCUT2D eigenvalue weighted by Gasteiger charge is -2.23. The lowest BCUT2D eigenvalue weighted by atomic mass is 9.83. The summed E-state index contributed by atoms with van der Waals surface area (Å²) in [6.07, 6.45) is 1.28. The Kier molecular flexibility index (Phi) is 5.20. The van der Waals surface area contributed by atoms with E-state index in [1.54, 1.807) is 7.11 Å². The summed E-state index contributed by atoms with van der Waals surface area (Å²) < 4.78 is 10.1. The molecule has 18 heavy (non-hydrogen) atoms. The third kappa shape index (κ3) is 4.78. The number of carbonyl (C=O) groups is 1. The summed E-state index contributed by atoms with van der Waals surface area (Å²) in [4.78, 5) is 11.5. The topological polar surface area (TPSA) is 35.5 Å². The monoisotopic (exact) mass is 250 g/mol. The van der Waals surface area contributed by atoms with E-state index in [1.165, 1.54) is 5.56 Å². The van der Waals surface area contributed by atoms with Crippen molar-refractivity contribution < 1.29 is 14.3 Å². The summed E-state index contributed by atoms with van der Waals surface area (Å²) in [7, 11) is 1.65. The molecule has 0 spiro atoms. The SMILES string of the molecule is CCOC(=O)CC(C)(C)Cc1ccc(OC)cc1. The third-order valence-corrected chi connectivity index (χ3v) is 2.77. The van der Waals surface area contributed by atoms with Crippen molar-refractivity contribution in [2.45, 2.75) is 33.6 Å². The number of carbonyl (C=O) groups excluding carboxylic acids is 1. The molecule has 0 radical (unpaired) electrons. The molecule has 0 aromatic heterocycles. The maximum Gasteiger partial charge on any atom is 0.306 e. The van der Waals surface area contributed by atoms with Gasteiger partial charge < -0.3 is 9.47 Å². The molecule has 0 aliphatic carbocycles. The molecular weight excluding hydrogens is 228 g/mol. The molecule has 1 aromatic carbocycles. The number of esters is 1.